The number of nitrogens with zero attached hydrogens (tertiary/aromatic N) is 1. The molecule has 0 aliphatic heterocycles. The molecular formula is C24H29N3O2S. The third-order valence-electron chi connectivity index (χ3n) is 5.16. The van der Waals surface area contributed by atoms with E-state index < -0.39 is 0 Å². The van der Waals surface area contributed by atoms with Crippen molar-refractivity contribution in [3.8, 4) is 0 Å². The molecule has 158 valence electrons. The standard InChI is InChI=1S/C24H29N3O2S/c1-17-13-18(2)21-15-20(23(29)26-22(21)14-17)16-27(11-6-12-28)24(30)25-10-9-19-7-4-3-5-8-19/h3-5,7-8,13-15,28H,6,9-12,16H2,1-2H3,(H,25,30)(H,26,29). The molecule has 6 heteroatoms. The Morgan fingerprint density at radius 3 is 2.67 bits per heavy atom. The summed E-state index contributed by atoms with van der Waals surface area (Å²) in [5, 5.41) is 14.2. The molecule has 0 radical (unpaired) electrons. The molecule has 0 fully saturated rings. The highest BCUT2D eigenvalue weighted by Gasteiger charge is 2.14. The van der Waals surface area contributed by atoms with Gasteiger partial charge in [0, 0.05) is 36.2 Å². The van der Waals surface area contributed by atoms with Crippen molar-refractivity contribution < 1.29 is 5.11 Å². The first-order valence-corrected chi connectivity index (χ1v) is 10.7. The van der Waals surface area contributed by atoms with Gasteiger partial charge in [0.15, 0.2) is 5.11 Å². The van der Waals surface area contributed by atoms with Gasteiger partial charge in [0.25, 0.3) is 5.56 Å². The van der Waals surface area contributed by atoms with Crippen LogP contribution in [0, 0.1) is 13.8 Å². The third-order valence-corrected chi connectivity index (χ3v) is 5.56. The number of nitrogens with one attached hydrogen (secondary N) is 2. The van der Waals surface area contributed by atoms with Crippen molar-refractivity contribution in [2.45, 2.75) is 33.2 Å². The molecule has 2 aromatic carbocycles. The highest BCUT2D eigenvalue weighted by Crippen LogP contribution is 2.19. The maximum Gasteiger partial charge on any atom is 0.253 e. The van der Waals surface area contributed by atoms with Crippen LogP contribution in [-0.2, 0) is 13.0 Å². The minimum absolute atomic E-state index is 0.0790. The molecule has 0 amide bonds. The van der Waals surface area contributed by atoms with E-state index in [0.717, 1.165) is 28.5 Å². The number of benzene rings is 2. The van der Waals surface area contributed by atoms with E-state index in [1.807, 2.05) is 42.2 Å². The molecule has 0 unspecified atom stereocenters. The number of hydrogen-bond donors (Lipinski definition) is 3. The van der Waals surface area contributed by atoms with E-state index in [-0.39, 0.29) is 12.2 Å². The number of aliphatic hydroxyl groups is 1. The molecule has 0 spiro atoms. The van der Waals surface area contributed by atoms with Gasteiger partial charge in [-0.1, -0.05) is 36.4 Å². The van der Waals surface area contributed by atoms with Crippen molar-refractivity contribution in [2.24, 2.45) is 0 Å². The summed E-state index contributed by atoms with van der Waals surface area (Å²) in [6, 6.07) is 16.3. The van der Waals surface area contributed by atoms with E-state index in [1.54, 1.807) is 0 Å². The van der Waals surface area contributed by atoms with Gasteiger partial charge in [-0.05, 0) is 67.7 Å². The molecule has 0 atom stereocenters. The molecule has 0 bridgehead atoms. The van der Waals surface area contributed by atoms with Crippen molar-refractivity contribution in [1.82, 2.24) is 15.2 Å². The molecule has 1 aromatic heterocycles. The molecule has 30 heavy (non-hydrogen) atoms. The van der Waals surface area contributed by atoms with E-state index in [4.69, 9.17) is 12.2 Å². The quantitative estimate of drug-likeness (QED) is 0.484. The summed E-state index contributed by atoms with van der Waals surface area (Å²) in [5.41, 5.74) is 4.91. The van der Waals surface area contributed by atoms with Crippen LogP contribution in [0.3, 0.4) is 0 Å². The third kappa shape index (κ3) is 5.68. The smallest absolute Gasteiger partial charge is 0.253 e. The average Bonchev–Trinajstić information content (AvgIpc) is 2.72. The fraction of sp³-hybridized carbons (Fsp3) is 0.333. The zero-order valence-corrected chi connectivity index (χ0v) is 18.4. The lowest BCUT2D eigenvalue weighted by Crippen LogP contribution is -2.41. The number of hydrogen-bond acceptors (Lipinski definition) is 3. The van der Waals surface area contributed by atoms with E-state index in [0.29, 0.717) is 36.7 Å². The predicted molar refractivity (Wildman–Crippen MR) is 127 cm³/mol. The average molecular weight is 424 g/mol. The minimum Gasteiger partial charge on any atom is -0.396 e. The molecule has 5 nitrogen and oxygen atoms in total. The molecule has 0 saturated carbocycles. The van der Waals surface area contributed by atoms with Gasteiger partial charge in [-0.2, -0.15) is 0 Å². The fourth-order valence-corrected chi connectivity index (χ4v) is 3.88. The van der Waals surface area contributed by atoms with Gasteiger partial charge < -0.3 is 20.3 Å². The van der Waals surface area contributed by atoms with E-state index in [1.165, 1.54) is 5.56 Å². The first kappa shape index (κ1) is 22.0. The topological polar surface area (TPSA) is 68.4 Å². The number of thiocarbonyl (C=S) groups is 1. The summed E-state index contributed by atoms with van der Waals surface area (Å²) in [6.45, 7) is 5.85. The predicted octanol–water partition coefficient (Wildman–Crippen LogP) is 3.45. The molecule has 0 saturated heterocycles. The highest BCUT2D eigenvalue weighted by molar-refractivity contribution is 7.80. The summed E-state index contributed by atoms with van der Waals surface area (Å²) in [5.74, 6) is 0. The highest BCUT2D eigenvalue weighted by atomic mass is 32.1. The Kier molecular flexibility index (Phi) is 7.60. The Morgan fingerprint density at radius 2 is 1.93 bits per heavy atom. The van der Waals surface area contributed by atoms with E-state index in [9.17, 15) is 9.90 Å². The molecular weight excluding hydrogens is 394 g/mol. The summed E-state index contributed by atoms with van der Waals surface area (Å²) in [7, 11) is 0. The second-order valence-electron chi connectivity index (χ2n) is 7.63. The van der Waals surface area contributed by atoms with Crippen LogP contribution >= 0.6 is 12.2 Å². The van der Waals surface area contributed by atoms with Crippen LogP contribution in [0.5, 0.6) is 0 Å². The lowest BCUT2D eigenvalue weighted by Gasteiger charge is -2.26. The van der Waals surface area contributed by atoms with Gasteiger partial charge in [0.2, 0.25) is 0 Å². The van der Waals surface area contributed by atoms with Gasteiger partial charge in [-0.15, -0.1) is 0 Å². The van der Waals surface area contributed by atoms with Gasteiger partial charge >= 0.3 is 0 Å². The van der Waals surface area contributed by atoms with Crippen molar-refractivity contribution >= 4 is 28.2 Å². The lowest BCUT2D eigenvalue weighted by molar-refractivity contribution is 0.264. The van der Waals surface area contributed by atoms with Crippen molar-refractivity contribution in [3.05, 3.63) is 81.1 Å². The zero-order chi connectivity index (χ0) is 21.5. The Hall–Kier alpha value is -2.70. The zero-order valence-electron chi connectivity index (χ0n) is 17.6. The number of H-pyrrole nitrogens is 1. The maximum absolute atomic E-state index is 12.7. The normalized spacial score (nSPS) is 10.9. The number of rotatable bonds is 8. The summed E-state index contributed by atoms with van der Waals surface area (Å²) >= 11 is 5.61. The Morgan fingerprint density at radius 1 is 1.17 bits per heavy atom. The Balaban J connectivity index is 1.74. The monoisotopic (exact) mass is 423 g/mol. The number of aliphatic hydroxyl groups excluding tert-OH is 1. The second kappa shape index (κ2) is 10.4. The van der Waals surface area contributed by atoms with Crippen molar-refractivity contribution in [2.75, 3.05) is 19.7 Å². The van der Waals surface area contributed by atoms with Gasteiger partial charge in [-0.3, -0.25) is 4.79 Å². The van der Waals surface area contributed by atoms with Crippen LogP contribution in [0.4, 0.5) is 0 Å². The molecule has 0 aliphatic carbocycles. The van der Waals surface area contributed by atoms with Crippen LogP contribution in [0.15, 0.2) is 53.3 Å². The Labute approximate surface area is 182 Å². The van der Waals surface area contributed by atoms with Crippen LogP contribution in [0.25, 0.3) is 10.9 Å². The number of aromatic nitrogens is 1. The molecule has 1 heterocycles. The number of aryl methyl sites for hydroxylation is 2. The lowest BCUT2D eigenvalue weighted by atomic mass is 10.0. The van der Waals surface area contributed by atoms with Gasteiger partial charge in [0.05, 0.1) is 6.54 Å². The molecule has 3 N–H and O–H groups in total. The Bertz CT molecular complexity index is 1060. The largest absolute Gasteiger partial charge is 0.396 e. The van der Waals surface area contributed by atoms with Crippen molar-refractivity contribution in [3.63, 3.8) is 0 Å². The van der Waals surface area contributed by atoms with Crippen LogP contribution in [0.2, 0.25) is 0 Å². The first-order chi connectivity index (χ1) is 14.5. The molecule has 0 aliphatic rings. The molecule has 3 rings (SSSR count). The number of aromatic amines is 1. The molecule has 3 aromatic rings. The maximum atomic E-state index is 12.7. The fourth-order valence-electron chi connectivity index (χ4n) is 3.62. The van der Waals surface area contributed by atoms with Crippen LogP contribution in [0.1, 0.15) is 28.7 Å². The van der Waals surface area contributed by atoms with E-state index >= 15 is 0 Å². The SMILES string of the molecule is Cc1cc(C)c2cc(CN(CCCO)C(=S)NCCc3ccccc3)c(=O)[nH]c2c1. The van der Waals surface area contributed by atoms with Gasteiger partial charge in [0.1, 0.15) is 0 Å². The first-order valence-electron chi connectivity index (χ1n) is 10.3. The number of pyridine rings is 1. The van der Waals surface area contributed by atoms with Gasteiger partial charge in [-0.25, -0.2) is 0 Å². The minimum atomic E-state index is -0.103. The summed E-state index contributed by atoms with van der Waals surface area (Å²) in [6.07, 6.45) is 1.45. The second-order valence-corrected chi connectivity index (χ2v) is 8.02. The van der Waals surface area contributed by atoms with Crippen LogP contribution < -0.4 is 10.9 Å². The van der Waals surface area contributed by atoms with Crippen molar-refractivity contribution in [1.29, 1.82) is 0 Å². The summed E-state index contributed by atoms with van der Waals surface area (Å²) < 4.78 is 0. The van der Waals surface area contributed by atoms with Crippen LogP contribution in [-0.4, -0.2) is 39.8 Å². The van der Waals surface area contributed by atoms with E-state index in [2.05, 4.69) is 35.4 Å². The number of fused-ring (bicyclic) bond motifs is 1. The summed E-state index contributed by atoms with van der Waals surface area (Å²) in [4.78, 5) is 17.7.